The highest BCUT2D eigenvalue weighted by Gasteiger charge is 2.09. The van der Waals surface area contributed by atoms with Crippen molar-refractivity contribution in [2.24, 2.45) is 0 Å². The molecule has 0 aliphatic rings. The molecule has 1 atom stereocenters. The summed E-state index contributed by atoms with van der Waals surface area (Å²) in [6.45, 7) is 8.77. The van der Waals surface area contributed by atoms with Crippen molar-refractivity contribution >= 4 is 0 Å². The molecule has 0 aliphatic carbocycles. The molecule has 1 rings (SSSR count). The first kappa shape index (κ1) is 14.1. The molecule has 1 unspecified atom stereocenters. The van der Waals surface area contributed by atoms with Crippen molar-refractivity contribution in [3.8, 4) is 0 Å². The monoisotopic (exact) mass is 235 g/mol. The second kappa shape index (κ2) is 7.41. The molecule has 0 aliphatic heterocycles. The van der Waals surface area contributed by atoms with E-state index in [1.165, 1.54) is 5.56 Å². The van der Waals surface area contributed by atoms with Crippen LogP contribution in [-0.4, -0.2) is 42.1 Å². The lowest BCUT2D eigenvalue weighted by molar-refractivity contribution is 0.250. The maximum Gasteiger partial charge on any atom is 0.0270 e. The zero-order chi connectivity index (χ0) is 12.7. The van der Waals surface area contributed by atoms with E-state index in [1.807, 2.05) is 12.4 Å². The lowest BCUT2D eigenvalue weighted by atomic mass is 10.2. The summed E-state index contributed by atoms with van der Waals surface area (Å²) in [7, 11) is 2.19. The van der Waals surface area contributed by atoms with Crippen LogP contribution in [-0.2, 0) is 6.42 Å². The molecule has 1 aromatic rings. The van der Waals surface area contributed by atoms with Gasteiger partial charge in [0.25, 0.3) is 0 Å². The number of hydrogen-bond acceptors (Lipinski definition) is 3. The van der Waals surface area contributed by atoms with Gasteiger partial charge < -0.3 is 10.2 Å². The topological polar surface area (TPSA) is 28.2 Å². The molecular weight excluding hydrogens is 210 g/mol. The fourth-order valence-electron chi connectivity index (χ4n) is 1.64. The average molecular weight is 235 g/mol. The molecule has 0 spiro atoms. The Labute approximate surface area is 105 Å². The molecule has 0 bridgehead atoms. The minimum atomic E-state index is 0.561. The molecule has 0 fully saturated rings. The van der Waals surface area contributed by atoms with Crippen LogP contribution in [0.4, 0.5) is 0 Å². The molecule has 0 radical (unpaired) electrons. The van der Waals surface area contributed by atoms with Crippen molar-refractivity contribution in [1.82, 2.24) is 15.2 Å². The lowest BCUT2D eigenvalue weighted by Crippen LogP contribution is -2.40. The molecule has 0 saturated carbocycles. The van der Waals surface area contributed by atoms with E-state index in [0.29, 0.717) is 12.1 Å². The number of nitrogens with one attached hydrogen (secondary N) is 1. The standard InChI is InChI=1S/C14H25N3/c1-12(2)16-11-13(3)17(4)10-7-14-5-8-15-9-6-14/h5-6,8-9,12-13,16H,7,10-11H2,1-4H3. The van der Waals surface area contributed by atoms with Gasteiger partial charge in [-0.1, -0.05) is 13.8 Å². The van der Waals surface area contributed by atoms with Gasteiger partial charge in [0, 0.05) is 37.6 Å². The molecule has 1 N–H and O–H groups in total. The molecule has 96 valence electrons. The zero-order valence-electron chi connectivity index (χ0n) is 11.5. The molecule has 0 saturated heterocycles. The number of pyridine rings is 1. The number of likely N-dealkylation sites (N-methyl/N-ethyl adjacent to an activating group) is 1. The van der Waals surface area contributed by atoms with E-state index in [4.69, 9.17) is 0 Å². The minimum Gasteiger partial charge on any atom is -0.313 e. The first-order valence-corrected chi connectivity index (χ1v) is 6.42. The largest absolute Gasteiger partial charge is 0.313 e. The van der Waals surface area contributed by atoms with Crippen LogP contribution >= 0.6 is 0 Å². The lowest BCUT2D eigenvalue weighted by Gasteiger charge is -2.25. The van der Waals surface area contributed by atoms with Crippen LogP contribution < -0.4 is 5.32 Å². The van der Waals surface area contributed by atoms with Gasteiger partial charge in [-0.25, -0.2) is 0 Å². The molecular formula is C14H25N3. The number of hydrogen-bond donors (Lipinski definition) is 1. The first-order chi connectivity index (χ1) is 8.09. The Morgan fingerprint density at radius 1 is 1.24 bits per heavy atom. The summed E-state index contributed by atoms with van der Waals surface area (Å²) < 4.78 is 0. The quantitative estimate of drug-likeness (QED) is 0.783. The summed E-state index contributed by atoms with van der Waals surface area (Å²) >= 11 is 0. The Balaban J connectivity index is 2.26. The third kappa shape index (κ3) is 5.80. The smallest absolute Gasteiger partial charge is 0.0270 e. The van der Waals surface area contributed by atoms with Crippen LogP contribution in [0.1, 0.15) is 26.3 Å². The third-order valence-electron chi connectivity index (χ3n) is 3.08. The van der Waals surface area contributed by atoms with Crippen LogP contribution in [0.15, 0.2) is 24.5 Å². The minimum absolute atomic E-state index is 0.561. The molecule has 3 heteroatoms. The van der Waals surface area contributed by atoms with E-state index in [1.54, 1.807) is 0 Å². The van der Waals surface area contributed by atoms with Crippen LogP contribution in [0, 0.1) is 0 Å². The number of aromatic nitrogens is 1. The summed E-state index contributed by atoms with van der Waals surface area (Å²) in [5.41, 5.74) is 1.36. The van der Waals surface area contributed by atoms with Gasteiger partial charge in [0.05, 0.1) is 0 Å². The van der Waals surface area contributed by atoms with Gasteiger partial charge in [-0.05, 0) is 38.1 Å². The highest BCUT2D eigenvalue weighted by atomic mass is 15.1. The van der Waals surface area contributed by atoms with Gasteiger partial charge in [0.2, 0.25) is 0 Å². The summed E-state index contributed by atoms with van der Waals surface area (Å²) in [6, 6.07) is 5.31. The van der Waals surface area contributed by atoms with Gasteiger partial charge >= 0.3 is 0 Å². The first-order valence-electron chi connectivity index (χ1n) is 6.42. The van der Waals surface area contributed by atoms with E-state index in [2.05, 4.69) is 55.2 Å². The Morgan fingerprint density at radius 3 is 2.47 bits per heavy atom. The average Bonchev–Trinajstić information content (AvgIpc) is 2.34. The number of rotatable bonds is 7. The molecule has 0 amide bonds. The van der Waals surface area contributed by atoms with Gasteiger partial charge in [-0.3, -0.25) is 4.98 Å². The molecule has 3 nitrogen and oxygen atoms in total. The Kier molecular flexibility index (Phi) is 6.16. The van der Waals surface area contributed by atoms with E-state index >= 15 is 0 Å². The molecule has 1 aromatic heterocycles. The Bertz CT molecular complexity index is 298. The second-order valence-electron chi connectivity index (χ2n) is 5.00. The van der Waals surface area contributed by atoms with E-state index < -0.39 is 0 Å². The van der Waals surface area contributed by atoms with Crippen LogP contribution in [0.2, 0.25) is 0 Å². The molecule has 1 heterocycles. The van der Waals surface area contributed by atoms with E-state index in [-0.39, 0.29) is 0 Å². The van der Waals surface area contributed by atoms with Gasteiger partial charge in [0.1, 0.15) is 0 Å². The predicted octanol–water partition coefficient (Wildman–Crippen LogP) is 1.94. The number of nitrogens with zero attached hydrogens (tertiary/aromatic N) is 2. The maximum absolute atomic E-state index is 4.03. The SMILES string of the molecule is CC(C)NCC(C)N(C)CCc1ccncc1. The summed E-state index contributed by atoms with van der Waals surface area (Å²) in [5.74, 6) is 0. The third-order valence-corrected chi connectivity index (χ3v) is 3.08. The Morgan fingerprint density at radius 2 is 1.88 bits per heavy atom. The van der Waals surface area contributed by atoms with Gasteiger partial charge in [0.15, 0.2) is 0 Å². The van der Waals surface area contributed by atoms with Crippen LogP contribution in [0.25, 0.3) is 0 Å². The van der Waals surface area contributed by atoms with Crippen LogP contribution in [0.3, 0.4) is 0 Å². The van der Waals surface area contributed by atoms with Crippen molar-refractivity contribution in [3.05, 3.63) is 30.1 Å². The van der Waals surface area contributed by atoms with E-state index in [0.717, 1.165) is 19.5 Å². The van der Waals surface area contributed by atoms with Crippen LogP contribution in [0.5, 0.6) is 0 Å². The van der Waals surface area contributed by atoms with Crippen molar-refractivity contribution in [1.29, 1.82) is 0 Å². The normalized spacial score (nSPS) is 13.3. The van der Waals surface area contributed by atoms with E-state index in [9.17, 15) is 0 Å². The highest BCUT2D eigenvalue weighted by Crippen LogP contribution is 2.01. The van der Waals surface area contributed by atoms with Crippen molar-refractivity contribution in [2.75, 3.05) is 20.1 Å². The van der Waals surface area contributed by atoms with Crippen molar-refractivity contribution < 1.29 is 0 Å². The van der Waals surface area contributed by atoms with Crippen molar-refractivity contribution in [3.63, 3.8) is 0 Å². The highest BCUT2D eigenvalue weighted by molar-refractivity contribution is 5.09. The second-order valence-corrected chi connectivity index (χ2v) is 5.00. The molecule has 17 heavy (non-hydrogen) atoms. The van der Waals surface area contributed by atoms with Crippen molar-refractivity contribution in [2.45, 2.75) is 39.3 Å². The molecule has 0 aromatic carbocycles. The Hall–Kier alpha value is -0.930. The van der Waals surface area contributed by atoms with Gasteiger partial charge in [-0.15, -0.1) is 0 Å². The zero-order valence-corrected chi connectivity index (χ0v) is 11.5. The fourth-order valence-corrected chi connectivity index (χ4v) is 1.64. The predicted molar refractivity (Wildman–Crippen MR) is 73.2 cm³/mol. The maximum atomic E-state index is 4.03. The van der Waals surface area contributed by atoms with Gasteiger partial charge in [-0.2, -0.15) is 0 Å². The summed E-state index contributed by atoms with van der Waals surface area (Å²) in [5, 5.41) is 3.47. The summed E-state index contributed by atoms with van der Waals surface area (Å²) in [6.07, 6.45) is 4.81. The summed E-state index contributed by atoms with van der Waals surface area (Å²) in [4.78, 5) is 6.43. The fraction of sp³-hybridized carbons (Fsp3) is 0.643.